The number of nitrogens with zero attached hydrogens (tertiary/aromatic N) is 1. The highest BCUT2D eigenvalue weighted by molar-refractivity contribution is 5.85. The smallest absolute Gasteiger partial charge is 0.306 e. The molecule has 0 saturated heterocycles. The van der Waals surface area contributed by atoms with Crippen LogP contribution in [-0.2, 0) is 27.5 Å². The third-order valence-electron chi connectivity index (χ3n) is 3.79. The molecule has 1 aromatic rings. The Morgan fingerprint density at radius 1 is 1.28 bits per heavy atom. The summed E-state index contributed by atoms with van der Waals surface area (Å²) in [7, 11) is 0. The minimum Gasteiger partial charge on any atom is -0.503 e. The van der Waals surface area contributed by atoms with E-state index in [9.17, 15) is 19.5 Å². The van der Waals surface area contributed by atoms with Crippen LogP contribution in [0.2, 0.25) is 0 Å². The van der Waals surface area contributed by atoms with Crippen molar-refractivity contribution in [1.29, 1.82) is 0 Å². The van der Waals surface area contributed by atoms with Gasteiger partial charge in [0, 0.05) is 24.7 Å². The van der Waals surface area contributed by atoms with E-state index < -0.39 is 17.1 Å². The highest BCUT2D eigenvalue weighted by Gasteiger charge is 2.15. The summed E-state index contributed by atoms with van der Waals surface area (Å²) in [6.45, 7) is 4.18. The molecule has 1 aromatic heterocycles. The van der Waals surface area contributed by atoms with Gasteiger partial charge in [-0.1, -0.05) is 19.8 Å². The predicted octanol–water partition coefficient (Wildman–Crippen LogP) is 1.83. The molecule has 25 heavy (non-hydrogen) atoms. The van der Waals surface area contributed by atoms with E-state index >= 15 is 0 Å². The molecule has 0 aromatic carbocycles. The van der Waals surface area contributed by atoms with Crippen molar-refractivity contribution in [3.8, 4) is 5.75 Å². The third kappa shape index (κ3) is 7.27. The first-order valence-corrected chi connectivity index (χ1v) is 8.20. The number of unbranched alkanes of at least 4 members (excludes halogenated alkanes) is 2. The van der Waals surface area contributed by atoms with Crippen molar-refractivity contribution >= 4 is 24.2 Å². The summed E-state index contributed by atoms with van der Waals surface area (Å²) < 4.78 is 6.91. The lowest BCUT2D eigenvalue weighted by molar-refractivity contribution is -0.146. The molecule has 142 valence electrons. The minimum absolute atomic E-state index is 0. The Kier molecular flexibility index (Phi) is 10.8. The highest BCUT2D eigenvalue weighted by Crippen LogP contribution is 2.17. The summed E-state index contributed by atoms with van der Waals surface area (Å²) in [6, 6.07) is 1.37. The van der Waals surface area contributed by atoms with Crippen LogP contribution in [0, 0.1) is 6.92 Å². The second kappa shape index (κ2) is 11.7. The summed E-state index contributed by atoms with van der Waals surface area (Å²) in [5, 5.41) is 10.0. The largest absolute Gasteiger partial charge is 0.503 e. The van der Waals surface area contributed by atoms with Gasteiger partial charge in [-0.3, -0.25) is 14.4 Å². The van der Waals surface area contributed by atoms with Crippen LogP contribution in [0.4, 0.5) is 0 Å². The molecular formula is C17H27ClN2O5. The number of aryl methyl sites for hydroxylation is 1. The summed E-state index contributed by atoms with van der Waals surface area (Å²) in [6.07, 6.45) is 2.92. The number of aromatic nitrogens is 1. The van der Waals surface area contributed by atoms with Gasteiger partial charge in [-0.15, -0.1) is 12.4 Å². The van der Waals surface area contributed by atoms with E-state index in [1.54, 1.807) is 11.5 Å². The molecule has 0 unspecified atom stereocenters. The molecule has 0 aliphatic rings. The number of carbonyl (C=O) groups is 2. The molecule has 8 heteroatoms. The van der Waals surface area contributed by atoms with Crippen LogP contribution in [0.25, 0.3) is 0 Å². The van der Waals surface area contributed by atoms with Crippen LogP contribution in [0.3, 0.4) is 0 Å². The highest BCUT2D eigenvalue weighted by atomic mass is 35.5. The number of carbonyl (C=O) groups excluding carboxylic acids is 2. The molecule has 0 spiro atoms. The van der Waals surface area contributed by atoms with Crippen LogP contribution in [-0.4, -0.2) is 28.0 Å². The fourth-order valence-electron chi connectivity index (χ4n) is 2.36. The van der Waals surface area contributed by atoms with E-state index in [-0.39, 0.29) is 49.9 Å². The number of hydrogen-bond acceptors (Lipinski definition) is 6. The fraction of sp³-hybridized carbons (Fsp3) is 0.588. The lowest BCUT2D eigenvalue weighted by Gasteiger charge is -2.18. The zero-order valence-corrected chi connectivity index (χ0v) is 15.6. The SMILES string of the molecule is CCCCCn1c(C)cc(=O)c(O)c1COC(=O)CCC(=O)CN.Cl. The van der Waals surface area contributed by atoms with Gasteiger partial charge in [0.05, 0.1) is 13.0 Å². The molecule has 0 aliphatic heterocycles. The van der Waals surface area contributed by atoms with Crippen LogP contribution in [0.5, 0.6) is 5.75 Å². The molecule has 0 saturated carbocycles. The van der Waals surface area contributed by atoms with Gasteiger partial charge in [0.1, 0.15) is 18.1 Å². The first-order valence-electron chi connectivity index (χ1n) is 8.20. The van der Waals surface area contributed by atoms with Crippen molar-refractivity contribution in [3.05, 3.63) is 27.7 Å². The second-order valence-corrected chi connectivity index (χ2v) is 5.71. The summed E-state index contributed by atoms with van der Waals surface area (Å²) >= 11 is 0. The number of ether oxygens (including phenoxy) is 1. The Morgan fingerprint density at radius 3 is 2.56 bits per heavy atom. The average molecular weight is 375 g/mol. The van der Waals surface area contributed by atoms with Crippen molar-refractivity contribution < 1.29 is 19.4 Å². The molecule has 1 rings (SSSR count). The quantitative estimate of drug-likeness (QED) is 0.477. The van der Waals surface area contributed by atoms with E-state index in [1.807, 2.05) is 0 Å². The van der Waals surface area contributed by atoms with Crippen molar-refractivity contribution in [3.63, 3.8) is 0 Å². The maximum atomic E-state index is 11.8. The number of aromatic hydroxyl groups is 1. The van der Waals surface area contributed by atoms with Gasteiger partial charge >= 0.3 is 5.97 Å². The lowest BCUT2D eigenvalue weighted by Crippen LogP contribution is -2.19. The minimum atomic E-state index is -0.565. The van der Waals surface area contributed by atoms with Gasteiger partial charge in [-0.05, 0) is 13.3 Å². The van der Waals surface area contributed by atoms with E-state index in [2.05, 4.69) is 6.92 Å². The Balaban J connectivity index is 0.00000576. The van der Waals surface area contributed by atoms with Crippen LogP contribution >= 0.6 is 12.4 Å². The lowest BCUT2D eigenvalue weighted by atomic mass is 10.2. The zero-order valence-electron chi connectivity index (χ0n) is 14.7. The molecule has 0 atom stereocenters. The first kappa shape index (κ1) is 23.1. The van der Waals surface area contributed by atoms with Crippen molar-refractivity contribution in [2.75, 3.05) is 6.54 Å². The molecular weight excluding hydrogens is 348 g/mol. The van der Waals surface area contributed by atoms with Gasteiger partial charge in [0.2, 0.25) is 5.43 Å². The number of rotatable bonds is 10. The van der Waals surface area contributed by atoms with Gasteiger partial charge < -0.3 is 20.1 Å². The van der Waals surface area contributed by atoms with Gasteiger partial charge in [0.15, 0.2) is 5.75 Å². The Morgan fingerprint density at radius 2 is 1.96 bits per heavy atom. The predicted molar refractivity (Wildman–Crippen MR) is 97.0 cm³/mol. The van der Waals surface area contributed by atoms with E-state index in [0.717, 1.165) is 19.3 Å². The Labute approximate surface area is 153 Å². The third-order valence-corrected chi connectivity index (χ3v) is 3.79. The number of hydrogen-bond donors (Lipinski definition) is 2. The number of halogens is 1. The molecule has 1 heterocycles. The molecule has 3 N–H and O–H groups in total. The van der Waals surface area contributed by atoms with E-state index in [4.69, 9.17) is 10.5 Å². The summed E-state index contributed by atoms with van der Waals surface area (Å²) in [4.78, 5) is 34.6. The normalized spacial score (nSPS) is 10.2. The molecule has 0 fully saturated rings. The fourth-order valence-corrected chi connectivity index (χ4v) is 2.36. The summed E-state index contributed by atoms with van der Waals surface area (Å²) in [5.74, 6) is -1.19. The number of esters is 1. The Bertz CT molecular complexity index is 643. The maximum absolute atomic E-state index is 11.8. The van der Waals surface area contributed by atoms with Gasteiger partial charge in [-0.25, -0.2) is 0 Å². The number of Topliss-reactive ketones (excluding diaryl/α,β-unsaturated/α-hetero) is 1. The molecule has 0 aliphatic carbocycles. The maximum Gasteiger partial charge on any atom is 0.306 e. The van der Waals surface area contributed by atoms with Gasteiger partial charge in [0.25, 0.3) is 0 Å². The van der Waals surface area contributed by atoms with E-state index in [1.165, 1.54) is 6.07 Å². The number of ketones is 1. The first-order chi connectivity index (χ1) is 11.4. The molecule has 0 radical (unpaired) electrons. The molecule has 0 bridgehead atoms. The summed E-state index contributed by atoms with van der Waals surface area (Å²) in [5.41, 5.74) is 5.68. The van der Waals surface area contributed by atoms with Crippen molar-refractivity contribution in [2.45, 2.75) is 59.1 Å². The van der Waals surface area contributed by atoms with Crippen LogP contribution < -0.4 is 11.2 Å². The standard InChI is InChI=1S/C17H26N2O5.ClH/c1-3-4-5-8-19-12(2)9-15(21)17(23)14(19)11-24-16(22)7-6-13(20)10-18;/h9,23H,3-8,10-11,18H2,1-2H3;1H. The van der Waals surface area contributed by atoms with Crippen molar-refractivity contribution in [2.24, 2.45) is 5.73 Å². The monoisotopic (exact) mass is 374 g/mol. The van der Waals surface area contributed by atoms with Crippen LogP contribution in [0.15, 0.2) is 10.9 Å². The Hall–Kier alpha value is -1.86. The molecule has 7 nitrogen and oxygen atoms in total. The topological polar surface area (TPSA) is 112 Å². The van der Waals surface area contributed by atoms with E-state index in [0.29, 0.717) is 12.2 Å². The number of nitrogens with two attached hydrogens (primary N) is 1. The van der Waals surface area contributed by atoms with Crippen LogP contribution in [0.1, 0.15) is 50.4 Å². The van der Waals surface area contributed by atoms with Crippen molar-refractivity contribution in [1.82, 2.24) is 4.57 Å². The number of pyridine rings is 1. The average Bonchev–Trinajstić information content (AvgIpc) is 2.56. The van der Waals surface area contributed by atoms with Gasteiger partial charge in [-0.2, -0.15) is 0 Å². The second-order valence-electron chi connectivity index (χ2n) is 5.71. The zero-order chi connectivity index (χ0) is 18.1. The molecule has 0 amide bonds.